The van der Waals surface area contributed by atoms with Crippen molar-refractivity contribution in [3.05, 3.63) is 46.3 Å². The summed E-state index contributed by atoms with van der Waals surface area (Å²) in [6, 6.07) is 5.65. The second kappa shape index (κ2) is 7.80. The molecule has 4 heteroatoms. The van der Waals surface area contributed by atoms with Crippen LogP contribution >= 0.6 is 0 Å². The third kappa shape index (κ3) is 3.77. The lowest BCUT2D eigenvalue weighted by atomic mass is 10.0. The Morgan fingerprint density at radius 1 is 1.27 bits per heavy atom. The lowest BCUT2D eigenvalue weighted by Crippen LogP contribution is -2.05. The van der Waals surface area contributed by atoms with E-state index in [1.165, 1.54) is 18.9 Å². The van der Waals surface area contributed by atoms with Gasteiger partial charge < -0.3 is 13.9 Å². The summed E-state index contributed by atoms with van der Waals surface area (Å²) in [6.07, 6.45) is 5.85. The monoisotopic (exact) mass is 302 g/mol. The molecule has 0 amide bonds. The van der Waals surface area contributed by atoms with Crippen molar-refractivity contribution >= 4 is 17.0 Å². The molecule has 0 bridgehead atoms. The molecule has 0 radical (unpaired) electrons. The molecule has 0 saturated carbocycles. The maximum absolute atomic E-state index is 11.9. The molecule has 0 unspecified atom stereocenters. The van der Waals surface area contributed by atoms with Crippen molar-refractivity contribution in [1.82, 2.24) is 0 Å². The topological polar surface area (TPSA) is 48.7 Å². The number of rotatable bonds is 8. The Bertz CT molecular complexity index is 700. The zero-order valence-corrected chi connectivity index (χ0v) is 13.2. The third-order valence-electron chi connectivity index (χ3n) is 3.52. The van der Waals surface area contributed by atoms with Gasteiger partial charge in [-0.3, -0.25) is 0 Å². The van der Waals surface area contributed by atoms with Crippen LogP contribution in [0.15, 0.2) is 34.0 Å². The van der Waals surface area contributed by atoms with Gasteiger partial charge in [0.2, 0.25) is 0 Å². The molecule has 118 valence electrons. The second-order valence-corrected chi connectivity index (χ2v) is 5.21. The van der Waals surface area contributed by atoms with E-state index in [-0.39, 0.29) is 12.4 Å². The molecule has 0 aliphatic heterocycles. The summed E-state index contributed by atoms with van der Waals surface area (Å²) < 4.78 is 16.0. The van der Waals surface area contributed by atoms with Gasteiger partial charge in [-0.2, -0.15) is 0 Å². The van der Waals surface area contributed by atoms with Gasteiger partial charge >= 0.3 is 5.63 Å². The van der Waals surface area contributed by atoms with Crippen molar-refractivity contribution in [1.29, 1.82) is 0 Å². The van der Waals surface area contributed by atoms with Gasteiger partial charge in [0.1, 0.15) is 11.3 Å². The van der Waals surface area contributed by atoms with Crippen molar-refractivity contribution in [2.75, 3.05) is 13.9 Å². The van der Waals surface area contributed by atoms with Crippen LogP contribution in [0.3, 0.4) is 0 Å². The van der Waals surface area contributed by atoms with Crippen LogP contribution in [0.4, 0.5) is 0 Å². The fourth-order valence-corrected chi connectivity index (χ4v) is 2.36. The maximum Gasteiger partial charge on any atom is 0.343 e. The van der Waals surface area contributed by atoms with E-state index in [1.807, 2.05) is 12.1 Å². The number of ether oxygens (including phenoxy) is 2. The molecule has 0 aliphatic rings. The van der Waals surface area contributed by atoms with Crippen LogP contribution in [0.2, 0.25) is 0 Å². The third-order valence-corrected chi connectivity index (χ3v) is 3.52. The molecule has 1 aromatic heterocycles. The van der Waals surface area contributed by atoms with Crippen LogP contribution in [0.25, 0.3) is 17.0 Å². The molecule has 2 aromatic rings. The molecule has 0 aliphatic carbocycles. The molecule has 1 aromatic carbocycles. The van der Waals surface area contributed by atoms with Crippen LogP contribution in [0.5, 0.6) is 5.75 Å². The summed E-state index contributed by atoms with van der Waals surface area (Å²) in [5, 5.41) is 0.755. The number of aryl methyl sites for hydroxylation is 1. The quantitative estimate of drug-likeness (QED) is 0.417. The van der Waals surface area contributed by atoms with Crippen molar-refractivity contribution < 1.29 is 13.9 Å². The van der Waals surface area contributed by atoms with Crippen LogP contribution in [0.1, 0.15) is 37.3 Å². The van der Waals surface area contributed by atoms with Crippen LogP contribution in [0, 0.1) is 0 Å². The summed E-state index contributed by atoms with van der Waals surface area (Å²) >= 11 is 0. The van der Waals surface area contributed by atoms with E-state index >= 15 is 0 Å². The van der Waals surface area contributed by atoms with E-state index in [1.54, 1.807) is 13.2 Å². The second-order valence-electron chi connectivity index (χ2n) is 5.21. The zero-order chi connectivity index (χ0) is 15.9. The highest BCUT2D eigenvalue weighted by Crippen LogP contribution is 2.28. The predicted octanol–water partition coefficient (Wildman–Crippen LogP) is 4.15. The Hall–Kier alpha value is -2.07. The normalized spacial score (nSPS) is 10.8. The van der Waals surface area contributed by atoms with Gasteiger partial charge in [0.15, 0.2) is 6.79 Å². The first-order valence-electron chi connectivity index (χ1n) is 7.54. The van der Waals surface area contributed by atoms with E-state index in [9.17, 15) is 4.79 Å². The van der Waals surface area contributed by atoms with Crippen molar-refractivity contribution in [2.24, 2.45) is 0 Å². The van der Waals surface area contributed by atoms with Crippen molar-refractivity contribution in [3.63, 3.8) is 0 Å². The van der Waals surface area contributed by atoms with Crippen LogP contribution < -0.4 is 10.4 Å². The Kier molecular flexibility index (Phi) is 5.78. The summed E-state index contributed by atoms with van der Waals surface area (Å²) in [5.74, 6) is 0.665. The number of unbranched alkanes of at least 4 members (excludes halogenated alkanes) is 2. The fraction of sp³-hybridized carbons (Fsp3) is 0.389. The Balaban J connectivity index is 2.47. The van der Waals surface area contributed by atoms with Crippen LogP contribution in [-0.2, 0) is 11.2 Å². The average molecular weight is 302 g/mol. The molecule has 1 heterocycles. The van der Waals surface area contributed by atoms with Crippen LogP contribution in [-0.4, -0.2) is 13.9 Å². The van der Waals surface area contributed by atoms with E-state index in [4.69, 9.17) is 13.9 Å². The molecule has 2 rings (SSSR count). The number of methoxy groups -OCH3 is 1. The molecular weight excluding hydrogens is 280 g/mol. The first kappa shape index (κ1) is 16.3. The van der Waals surface area contributed by atoms with Gasteiger partial charge in [0.25, 0.3) is 0 Å². The Labute approximate surface area is 130 Å². The number of hydrogen-bond acceptors (Lipinski definition) is 4. The summed E-state index contributed by atoms with van der Waals surface area (Å²) in [6.45, 7) is 5.95. The van der Waals surface area contributed by atoms with E-state index in [2.05, 4.69) is 13.5 Å². The van der Waals surface area contributed by atoms with Crippen molar-refractivity contribution in [3.8, 4) is 5.75 Å². The van der Waals surface area contributed by atoms with Gasteiger partial charge in [0.05, 0.1) is 10.9 Å². The first-order valence-corrected chi connectivity index (χ1v) is 7.54. The largest absolute Gasteiger partial charge is 0.467 e. The van der Waals surface area contributed by atoms with Gasteiger partial charge in [-0.05, 0) is 36.6 Å². The van der Waals surface area contributed by atoms with Crippen molar-refractivity contribution in [2.45, 2.75) is 32.6 Å². The minimum absolute atomic E-state index is 0.149. The highest BCUT2D eigenvalue weighted by Gasteiger charge is 2.10. The minimum Gasteiger partial charge on any atom is -0.467 e. The lowest BCUT2D eigenvalue weighted by Gasteiger charge is -2.11. The molecule has 22 heavy (non-hydrogen) atoms. The lowest BCUT2D eigenvalue weighted by molar-refractivity contribution is 0.0521. The number of hydrogen-bond donors (Lipinski definition) is 0. The standard InChI is InChI=1S/C18H22O4/c1-4-6-7-8-13-9-16(21-12-20-3)15-11-14(5-2)18(19)22-17(15)10-13/h5,9-11H,2,4,6-8,12H2,1,3H3. The molecule has 0 spiro atoms. The van der Waals surface area contributed by atoms with Gasteiger partial charge in [-0.25, -0.2) is 4.79 Å². The smallest absolute Gasteiger partial charge is 0.343 e. The number of benzene rings is 1. The fourth-order valence-electron chi connectivity index (χ4n) is 2.36. The molecule has 0 fully saturated rings. The molecule has 0 N–H and O–H groups in total. The predicted molar refractivity (Wildman–Crippen MR) is 88.3 cm³/mol. The van der Waals surface area contributed by atoms with E-state index < -0.39 is 0 Å². The first-order chi connectivity index (χ1) is 10.7. The summed E-state index contributed by atoms with van der Waals surface area (Å²) in [5.41, 5.74) is 1.68. The van der Waals surface area contributed by atoms with Gasteiger partial charge in [0, 0.05) is 7.11 Å². The molecular formula is C18H22O4. The van der Waals surface area contributed by atoms with E-state index in [0.717, 1.165) is 23.8 Å². The van der Waals surface area contributed by atoms with Gasteiger partial charge in [-0.1, -0.05) is 32.4 Å². The maximum atomic E-state index is 11.9. The molecule has 4 nitrogen and oxygen atoms in total. The Morgan fingerprint density at radius 2 is 2.09 bits per heavy atom. The number of fused-ring (bicyclic) bond motifs is 1. The summed E-state index contributed by atoms with van der Waals surface area (Å²) in [4.78, 5) is 11.9. The zero-order valence-electron chi connectivity index (χ0n) is 13.2. The highest BCUT2D eigenvalue weighted by molar-refractivity contribution is 5.85. The Morgan fingerprint density at radius 3 is 2.77 bits per heavy atom. The highest BCUT2D eigenvalue weighted by atomic mass is 16.7. The average Bonchev–Trinajstić information content (AvgIpc) is 2.52. The summed E-state index contributed by atoms with van der Waals surface area (Å²) in [7, 11) is 1.57. The van der Waals surface area contributed by atoms with E-state index in [0.29, 0.717) is 16.9 Å². The minimum atomic E-state index is -0.383. The van der Waals surface area contributed by atoms with Gasteiger partial charge in [-0.15, -0.1) is 0 Å². The molecule has 0 saturated heterocycles. The SMILES string of the molecule is C=Cc1cc2c(OCOC)cc(CCCCC)cc2oc1=O. The molecule has 0 atom stereocenters.